The SMILES string of the molecule is C=CCn1c(CCCc2ccc(OC)cc2)nnc1SCC(=O)c1cccc([N+](=O)[O-])c1. The molecule has 1 aromatic heterocycles. The van der Waals surface area contributed by atoms with Gasteiger partial charge in [0.2, 0.25) is 0 Å². The van der Waals surface area contributed by atoms with Crippen LogP contribution in [0.4, 0.5) is 5.69 Å². The van der Waals surface area contributed by atoms with Gasteiger partial charge < -0.3 is 9.30 Å². The van der Waals surface area contributed by atoms with Crippen LogP contribution >= 0.6 is 11.8 Å². The lowest BCUT2D eigenvalue weighted by atomic mass is 10.1. The molecule has 2 aromatic carbocycles. The Kier molecular flexibility index (Phi) is 8.15. The van der Waals surface area contributed by atoms with Crippen molar-refractivity contribution < 1.29 is 14.5 Å². The smallest absolute Gasteiger partial charge is 0.270 e. The maximum Gasteiger partial charge on any atom is 0.270 e. The summed E-state index contributed by atoms with van der Waals surface area (Å²) in [6, 6.07) is 13.7. The van der Waals surface area contributed by atoms with Crippen LogP contribution in [0.1, 0.15) is 28.2 Å². The van der Waals surface area contributed by atoms with E-state index in [1.165, 1.54) is 35.5 Å². The Balaban J connectivity index is 1.61. The molecule has 0 radical (unpaired) electrons. The third-order valence-electron chi connectivity index (χ3n) is 4.84. The van der Waals surface area contributed by atoms with E-state index in [2.05, 4.69) is 16.8 Å². The van der Waals surface area contributed by atoms with Crippen LogP contribution in [0, 0.1) is 10.1 Å². The molecule has 0 atom stereocenters. The second-order valence-electron chi connectivity index (χ2n) is 7.02. The number of ketones is 1. The maximum absolute atomic E-state index is 12.5. The van der Waals surface area contributed by atoms with E-state index in [0.717, 1.165) is 30.8 Å². The summed E-state index contributed by atoms with van der Waals surface area (Å²) in [6.07, 6.45) is 4.31. The number of rotatable bonds is 12. The molecule has 0 aliphatic rings. The minimum Gasteiger partial charge on any atom is -0.497 e. The number of allylic oxidation sites excluding steroid dienone is 1. The molecule has 0 aliphatic heterocycles. The lowest BCUT2D eigenvalue weighted by Gasteiger charge is -2.08. The highest BCUT2D eigenvalue weighted by atomic mass is 32.2. The standard InChI is InChI=1S/C23H24N4O4S/c1-3-14-26-22(9-4-6-17-10-12-20(31-2)13-11-17)24-25-23(26)32-16-21(28)18-7-5-8-19(15-18)27(29)30/h3,5,7-8,10-13,15H,1,4,6,9,14,16H2,2H3. The average molecular weight is 453 g/mol. The Bertz CT molecular complexity index is 1100. The van der Waals surface area contributed by atoms with Crippen molar-refractivity contribution in [1.82, 2.24) is 14.8 Å². The molecule has 0 aliphatic carbocycles. The van der Waals surface area contributed by atoms with Gasteiger partial charge >= 0.3 is 0 Å². The Labute approximate surface area is 190 Å². The molecule has 166 valence electrons. The predicted octanol–water partition coefficient (Wildman–Crippen LogP) is 4.53. The molecule has 9 heteroatoms. The number of carbonyl (C=O) groups is 1. The number of methoxy groups -OCH3 is 1. The van der Waals surface area contributed by atoms with E-state index in [9.17, 15) is 14.9 Å². The minimum absolute atomic E-state index is 0.102. The largest absolute Gasteiger partial charge is 0.497 e. The Morgan fingerprint density at radius 3 is 2.69 bits per heavy atom. The van der Waals surface area contributed by atoms with Crippen molar-refractivity contribution in [1.29, 1.82) is 0 Å². The van der Waals surface area contributed by atoms with Crippen LogP contribution in [0.3, 0.4) is 0 Å². The van der Waals surface area contributed by atoms with Gasteiger partial charge in [0, 0.05) is 30.7 Å². The van der Waals surface area contributed by atoms with Gasteiger partial charge in [0.1, 0.15) is 11.6 Å². The number of carbonyl (C=O) groups excluding carboxylic acids is 1. The zero-order chi connectivity index (χ0) is 22.9. The average Bonchev–Trinajstić information content (AvgIpc) is 3.19. The van der Waals surface area contributed by atoms with Gasteiger partial charge in [-0.15, -0.1) is 16.8 Å². The summed E-state index contributed by atoms with van der Waals surface area (Å²) in [4.78, 5) is 22.9. The number of ether oxygens (including phenoxy) is 1. The van der Waals surface area contributed by atoms with Crippen molar-refractivity contribution in [2.45, 2.75) is 31.0 Å². The lowest BCUT2D eigenvalue weighted by Crippen LogP contribution is -2.07. The summed E-state index contributed by atoms with van der Waals surface area (Å²) < 4.78 is 7.14. The highest BCUT2D eigenvalue weighted by Gasteiger charge is 2.16. The first-order valence-electron chi connectivity index (χ1n) is 10.1. The van der Waals surface area contributed by atoms with Crippen molar-refractivity contribution in [3.63, 3.8) is 0 Å². The zero-order valence-corrected chi connectivity index (χ0v) is 18.6. The summed E-state index contributed by atoms with van der Waals surface area (Å²) in [5.74, 6) is 1.58. The molecule has 3 aromatic rings. The number of hydrogen-bond acceptors (Lipinski definition) is 7. The van der Waals surface area contributed by atoms with Gasteiger partial charge in [-0.05, 0) is 30.5 Å². The Morgan fingerprint density at radius 2 is 2.00 bits per heavy atom. The number of nitro benzene ring substituents is 1. The Morgan fingerprint density at radius 1 is 1.22 bits per heavy atom. The summed E-state index contributed by atoms with van der Waals surface area (Å²) in [5, 5.41) is 20.1. The van der Waals surface area contributed by atoms with Crippen LogP contribution < -0.4 is 4.74 Å². The first kappa shape index (κ1) is 23.2. The van der Waals surface area contributed by atoms with Gasteiger partial charge in [0.05, 0.1) is 17.8 Å². The van der Waals surface area contributed by atoms with Crippen LogP contribution in [-0.2, 0) is 19.4 Å². The van der Waals surface area contributed by atoms with Gasteiger partial charge in [-0.1, -0.05) is 42.1 Å². The number of thioether (sulfide) groups is 1. The third kappa shape index (κ3) is 6.04. The first-order chi connectivity index (χ1) is 15.5. The summed E-state index contributed by atoms with van der Waals surface area (Å²) in [6.45, 7) is 4.34. The maximum atomic E-state index is 12.5. The van der Waals surface area contributed by atoms with E-state index >= 15 is 0 Å². The second-order valence-corrected chi connectivity index (χ2v) is 7.96. The monoisotopic (exact) mass is 452 g/mol. The molecule has 0 bridgehead atoms. The summed E-state index contributed by atoms with van der Waals surface area (Å²) in [7, 11) is 1.65. The fourth-order valence-corrected chi connectivity index (χ4v) is 4.03. The highest BCUT2D eigenvalue weighted by molar-refractivity contribution is 7.99. The fraction of sp³-hybridized carbons (Fsp3) is 0.261. The number of Topliss-reactive ketones (excluding diaryl/α,β-unsaturated/α-hetero) is 1. The highest BCUT2D eigenvalue weighted by Crippen LogP contribution is 2.21. The number of hydrogen-bond donors (Lipinski definition) is 0. The van der Waals surface area contributed by atoms with Crippen LogP contribution in [0.2, 0.25) is 0 Å². The molecule has 0 fully saturated rings. The van der Waals surface area contributed by atoms with Crippen molar-refractivity contribution >= 4 is 23.2 Å². The molecule has 0 saturated heterocycles. The van der Waals surface area contributed by atoms with E-state index < -0.39 is 4.92 Å². The third-order valence-corrected chi connectivity index (χ3v) is 5.81. The van der Waals surface area contributed by atoms with Gasteiger partial charge in [0.25, 0.3) is 5.69 Å². The van der Waals surface area contributed by atoms with Gasteiger partial charge in [0.15, 0.2) is 10.9 Å². The predicted molar refractivity (Wildman–Crippen MR) is 123 cm³/mol. The molecular weight excluding hydrogens is 428 g/mol. The molecule has 0 amide bonds. The number of non-ortho nitro benzene ring substituents is 1. The molecule has 0 spiro atoms. The van der Waals surface area contributed by atoms with Crippen molar-refractivity contribution in [2.24, 2.45) is 0 Å². The van der Waals surface area contributed by atoms with E-state index in [1.807, 2.05) is 28.8 Å². The van der Waals surface area contributed by atoms with Crippen LogP contribution in [-0.4, -0.2) is 38.3 Å². The molecule has 3 rings (SSSR count). The van der Waals surface area contributed by atoms with Crippen LogP contribution in [0.5, 0.6) is 5.75 Å². The number of nitrogens with zero attached hydrogens (tertiary/aromatic N) is 4. The first-order valence-corrected chi connectivity index (χ1v) is 11.1. The molecule has 0 unspecified atom stereocenters. The number of nitro groups is 1. The van der Waals surface area contributed by atoms with Gasteiger partial charge in [-0.25, -0.2) is 0 Å². The Hall–Kier alpha value is -3.46. The molecular formula is C23H24N4O4S. The van der Waals surface area contributed by atoms with Gasteiger partial charge in [-0.2, -0.15) is 0 Å². The topological polar surface area (TPSA) is 100 Å². The molecule has 0 saturated carbocycles. The fourth-order valence-electron chi connectivity index (χ4n) is 3.17. The molecule has 1 heterocycles. The second kappa shape index (κ2) is 11.2. The van der Waals surface area contributed by atoms with Crippen molar-refractivity contribution in [3.05, 3.63) is 88.3 Å². The molecule has 0 N–H and O–H groups in total. The minimum atomic E-state index is -0.511. The number of aryl methyl sites for hydroxylation is 2. The summed E-state index contributed by atoms with van der Waals surface area (Å²) >= 11 is 1.27. The van der Waals surface area contributed by atoms with Crippen LogP contribution in [0.15, 0.2) is 66.3 Å². The van der Waals surface area contributed by atoms with Crippen molar-refractivity contribution in [2.75, 3.05) is 12.9 Å². The van der Waals surface area contributed by atoms with E-state index in [1.54, 1.807) is 19.3 Å². The van der Waals surface area contributed by atoms with E-state index in [4.69, 9.17) is 4.74 Å². The van der Waals surface area contributed by atoms with Gasteiger partial charge in [-0.3, -0.25) is 14.9 Å². The normalized spacial score (nSPS) is 10.7. The van der Waals surface area contributed by atoms with Crippen LogP contribution in [0.25, 0.3) is 0 Å². The lowest BCUT2D eigenvalue weighted by molar-refractivity contribution is -0.384. The molecule has 32 heavy (non-hydrogen) atoms. The van der Waals surface area contributed by atoms with Crippen molar-refractivity contribution in [3.8, 4) is 5.75 Å². The number of aromatic nitrogens is 3. The molecule has 8 nitrogen and oxygen atoms in total. The quantitative estimate of drug-likeness (QED) is 0.131. The zero-order valence-electron chi connectivity index (χ0n) is 17.8. The number of benzene rings is 2. The summed E-state index contributed by atoms with van der Waals surface area (Å²) in [5.41, 5.74) is 1.42. The van der Waals surface area contributed by atoms with E-state index in [-0.39, 0.29) is 17.2 Å². The van der Waals surface area contributed by atoms with E-state index in [0.29, 0.717) is 17.3 Å².